The van der Waals surface area contributed by atoms with Crippen LogP contribution in [-0.4, -0.2) is 46.7 Å². The van der Waals surface area contributed by atoms with Gasteiger partial charge in [-0.25, -0.2) is 9.37 Å². The molecule has 0 unspecified atom stereocenters. The number of carbonyl (C=O) groups is 1. The predicted molar refractivity (Wildman–Crippen MR) is 120 cm³/mol. The third-order valence-electron chi connectivity index (χ3n) is 6.29. The van der Waals surface area contributed by atoms with Crippen molar-refractivity contribution in [2.45, 2.75) is 18.8 Å². The van der Waals surface area contributed by atoms with Gasteiger partial charge in [-0.05, 0) is 37.1 Å². The number of halogens is 1. The first-order valence-electron chi connectivity index (χ1n) is 10.8. The topological polar surface area (TPSA) is 86.3 Å². The van der Waals surface area contributed by atoms with E-state index >= 15 is 0 Å². The quantitative estimate of drug-likeness (QED) is 0.534. The molecule has 1 saturated carbocycles. The van der Waals surface area contributed by atoms with Crippen LogP contribution in [0, 0.1) is 5.82 Å². The average Bonchev–Trinajstić information content (AvgIpc) is 3.59. The highest BCUT2D eigenvalue weighted by Crippen LogP contribution is 2.43. The number of anilines is 1. The molecule has 1 aliphatic heterocycles. The zero-order chi connectivity index (χ0) is 21.8. The average molecular weight is 431 g/mol. The molecule has 2 N–H and O–H groups in total. The van der Waals surface area contributed by atoms with Gasteiger partial charge < -0.3 is 15.4 Å². The van der Waals surface area contributed by atoms with Crippen LogP contribution in [0.3, 0.4) is 0 Å². The molecule has 8 heteroatoms. The molecule has 4 aromatic rings. The first-order valence-corrected chi connectivity index (χ1v) is 10.8. The zero-order valence-electron chi connectivity index (χ0n) is 17.4. The van der Waals surface area contributed by atoms with Crippen molar-refractivity contribution < 1.29 is 13.9 Å². The Morgan fingerprint density at radius 1 is 1.12 bits per heavy atom. The molecule has 2 aromatic heterocycles. The number of hydrogen-bond acceptors (Lipinski definition) is 5. The minimum absolute atomic E-state index is 0.298. The zero-order valence-corrected chi connectivity index (χ0v) is 17.4. The number of benzene rings is 2. The second-order valence-corrected chi connectivity index (χ2v) is 8.37. The van der Waals surface area contributed by atoms with Gasteiger partial charge >= 0.3 is 0 Å². The van der Waals surface area contributed by atoms with Crippen molar-refractivity contribution in [3.05, 3.63) is 59.8 Å². The molecule has 1 amide bonds. The van der Waals surface area contributed by atoms with Crippen LogP contribution in [0.15, 0.2) is 42.6 Å². The summed E-state index contributed by atoms with van der Waals surface area (Å²) in [5.74, 6) is 0.293. The van der Waals surface area contributed by atoms with Crippen molar-refractivity contribution in [2.24, 2.45) is 5.73 Å². The molecule has 0 spiro atoms. The minimum atomic E-state index is -0.511. The van der Waals surface area contributed by atoms with Gasteiger partial charge in [0, 0.05) is 36.3 Å². The Hall–Kier alpha value is -3.52. The first-order chi connectivity index (χ1) is 15.6. The minimum Gasteiger partial charge on any atom is -0.378 e. The first kappa shape index (κ1) is 19.2. The standard InChI is InChI=1S/C24H22FN5O2/c25-18-3-1-2-16-19(6-7-27-21(16)18)30-20-13-15(29-8-10-32-11-9-29)12-17(23(26)31)22(20)28-24(30)14-4-5-14/h1-3,6-7,12-14H,4-5,8-11H2,(H2,26,31). The van der Waals surface area contributed by atoms with Gasteiger partial charge in [-0.15, -0.1) is 0 Å². The number of primary amides is 1. The maximum Gasteiger partial charge on any atom is 0.251 e. The Morgan fingerprint density at radius 3 is 2.69 bits per heavy atom. The van der Waals surface area contributed by atoms with Crippen molar-refractivity contribution >= 4 is 33.5 Å². The fourth-order valence-corrected chi connectivity index (χ4v) is 4.56. The lowest BCUT2D eigenvalue weighted by Crippen LogP contribution is -2.36. The van der Waals surface area contributed by atoms with E-state index in [-0.39, 0.29) is 5.82 Å². The molecule has 2 aromatic carbocycles. The van der Waals surface area contributed by atoms with Gasteiger partial charge in [-0.3, -0.25) is 14.3 Å². The third kappa shape index (κ3) is 3.02. The smallest absolute Gasteiger partial charge is 0.251 e. The lowest BCUT2D eigenvalue weighted by atomic mass is 10.1. The number of pyridine rings is 1. The number of hydrogen-bond donors (Lipinski definition) is 1. The molecule has 7 nitrogen and oxygen atoms in total. The van der Waals surface area contributed by atoms with Gasteiger partial charge in [-0.2, -0.15) is 0 Å². The van der Waals surface area contributed by atoms with E-state index in [2.05, 4.69) is 20.5 Å². The summed E-state index contributed by atoms with van der Waals surface area (Å²) in [5, 5.41) is 0.700. The van der Waals surface area contributed by atoms with Crippen LogP contribution in [-0.2, 0) is 4.74 Å². The molecule has 6 rings (SSSR count). The van der Waals surface area contributed by atoms with Crippen LogP contribution in [0.2, 0.25) is 0 Å². The molecule has 1 aliphatic carbocycles. The number of amides is 1. The van der Waals surface area contributed by atoms with Gasteiger partial charge in [-0.1, -0.05) is 12.1 Å². The van der Waals surface area contributed by atoms with E-state index in [1.54, 1.807) is 12.3 Å². The molecular weight excluding hydrogens is 409 g/mol. The second-order valence-electron chi connectivity index (χ2n) is 8.37. The summed E-state index contributed by atoms with van der Waals surface area (Å²) in [6.45, 7) is 2.73. The van der Waals surface area contributed by atoms with E-state index < -0.39 is 5.91 Å². The molecule has 0 atom stereocenters. The van der Waals surface area contributed by atoms with E-state index in [0.29, 0.717) is 41.1 Å². The molecule has 2 aliphatic rings. The van der Waals surface area contributed by atoms with Gasteiger partial charge in [0.2, 0.25) is 0 Å². The van der Waals surface area contributed by atoms with E-state index in [4.69, 9.17) is 15.5 Å². The molecular formula is C24H22FN5O2. The summed E-state index contributed by atoms with van der Waals surface area (Å²) < 4.78 is 22.1. The van der Waals surface area contributed by atoms with Crippen LogP contribution in [0.5, 0.6) is 0 Å². The second kappa shape index (κ2) is 7.27. The number of carbonyl (C=O) groups excluding carboxylic acids is 1. The number of morpholine rings is 1. The highest BCUT2D eigenvalue weighted by Gasteiger charge is 2.32. The predicted octanol–water partition coefficient (Wildman–Crippen LogP) is 3.53. The summed E-state index contributed by atoms with van der Waals surface area (Å²) in [4.78, 5) is 23.8. The fourth-order valence-electron chi connectivity index (χ4n) is 4.56. The molecule has 2 fully saturated rings. The number of ether oxygens (including phenoxy) is 1. The summed E-state index contributed by atoms with van der Waals surface area (Å²) >= 11 is 0. The highest BCUT2D eigenvalue weighted by atomic mass is 19.1. The molecule has 0 bridgehead atoms. The lowest BCUT2D eigenvalue weighted by Gasteiger charge is -2.29. The van der Waals surface area contributed by atoms with E-state index in [1.165, 1.54) is 6.07 Å². The van der Waals surface area contributed by atoms with Crippen LogP contribution >= 0.6 is 0 Å². The summed E-state index contributed by atoms with van der Waals surface area (Å²) in [6, 6.07) is 10.7. The number of para-hydroxylation sites is 1. The van der Waals surface area contributed by atoms with Gasteiger partial charge in [0.1, 0.15) is 22.7 Å². The Bertz CT molecular complexity index is 1370. The lowest BCUT2D eigenvalue weighted by molar-refractivity contribution is 0.100. The molecule has 32 heavy (non-hydrogen) atoms. The van der Waals surface area contributed by atoms with Gasteiger partial charge in [0.15, 0.2) is 0 Å². The van der Waals surface area contributed by atoms with Crippen molar-refractivity contribution in [3.63, 3.8) is 0 Å². The monoisotopic (exact) mass is 431 g/mol. The molecule has 162 valence electrons. The number of nitrogens with zero attached hydrogens (tertiary/aromatic N) is 4. The summed E-state index contributed by atoms with van der Waals surface area (Å²) in [5.41, 5.74) is 9.58. The van der Waals surface area contributed by atoms with Crippen LogP contribution < -0.4 is 10.6 Å². The maximum atomic E-state index is 14.5. The number of fused-ring (bicyclic) bond motifs is 2. The van der Waals surface area contributed by atoms with Gasteiger partial charge in [0.05, 0.1) is 30.0 Å². The van der Waals surface area contributed by atoms with Gasteiger partial charge in [0.25, 0.3) is 5.91 Å². The fraction of sp³-hybridized carbons (Fsp3) is 0.292. The van der Waals surface area contributed by atoms with Crippen LogP contribution in [0.25, 0.3) is 27.6 Å². The molecule has 3 heterocycles. The van der Waals surface area contributed by atoms with Crippen molar-refractivity contribution in [1.82, 2.24) is 14.5 Å². The Morgan fingerprint density at radius 2 is 1.94 bits per heavy atom. The highest BCUT2D eigenvalue weighted by molar-refractivity contribution is 6.06. The maximum absolute atomic E-state index is 14.5. The van der Waals surface area contributed by atoms with E-state index in [0.717, 1.165) is 48.6 Å². The van der Waals surface area contributed by atoms with Crippen molar-refractivity contribution in [3.8, 4) is 5.69 Å². The van der Waals surface area contributed by atoms with Crippen molar-refractivity contribution in [1.29, 1.82) is 0 Å². The van der Waals surface area contributed by atoms with Crippen LogP contribution in [0.1, 0.15) is 34.9 Å². The SMILES string of the molecule is NC(=O)c1cc(N2CCOCC2)cc2c1nc(C1CC1)n2-c1ccnc2c(F)cccc12. The summed E-state index contributed by atoms with van der Waals surface area (Å²) in [7, 11) is 0. The Kier molecular flexibility index (Phi) is 4.36. The largest absolute Gasteiger partial charge is 0.378 e. The number of rotatable bonds is 4. The Labute approximate surface area is 183 Å². The summed E-state index contributed by atoms with van der Waals surface area (Å²) in [6.07, 6.45) is 3.68. The van der Waals surface area contributed by atoms with E-state index in [9.17, 15) is 9.18 Å². The molecule has 0 radical (unpaired) electrons. The number of aromatic nitrogens is 3. The number of imidazole rings is 1. The Balaban J connectivity index is 1.67. The normalized spacial score (nSPS) is 16.7. The van der Waals surface area contributed by atoms with Crippen molar-refractivity contribution in [2.75, 3.05) is 31.2 Å². The van der Waals surface area contributed by atoms with Crippen LogP contribution in [0.4, 0.5) is 10.1 Å². The number of nitrogens with two attached hydrogens (primary N) is 1. The van der Waals surface area contributed by atoms with E-state index in [1.807, 2.05) is 18.2 Å². The third-order valence-corrected chi connectivity index (χ3v) is 6.29. The molecule has 1 saturated heterocycles.